The number of carbonyl (C=O) groups is 2. The minimum Gasteiger partial charge on any atom is -0.493 e. The maximum absolute atomic E-state index is 12.0. The van der Waals surface area contributed by atoms with Crippen molar-refractivity contribution in [3.05, 3.63) is 53.1 Å². The van der Waals surface area contributed by atoms with Gasteiger partial charge in [0.1, 0.15) is 0 Å². The molecule has 2 aromatic carbocycles. The first-order valence-electron chi connectivity index (χ1n) is 7.55. The average molecular weight is 363 g/mol. The number of hydrogen-bond acceptors (Lipinski definition) is 4. The van der Waals surface area contributed by atoms with Crippen molar-refractivity contribution in [2.75, 3.05) is 26.1 Å². The summed E-state index contributed by atoms with van der Waals surface area (Å²) < 4.78 is 10.4. The van der Waals surface area contributed by atoms with Crippen LogP contribution in [-0.4, -0.2) is 32.6 Å². The molecule has 2 rings (SSSR count). The van der Waals surface area contributed by atoms with E-state index in [0.29, 0.717) is 22.2 Å². The van der Waals surface area contributed by atoms with E-state index >= 15 is 0 Å². The maximum Gasteiger partial charge on any atom is 0.243 e. The zero-order chi connectivity index (χ0) is 18.2. The molecule has 7 heteroatoms. The minimum atomic E-state index is -0.331. The molecule has 0 heterocycles. The number of amides is 2. The van der Waals surface area contributed by atoms with Gasteiger partial charge in [-0.15, -0.1) is 0 Å². The van der Waals surface area contributed by atoms with Crippen LogP contribution in [0.4, 0.5) is 5.69 Å². The molecule has 0 bridgehead atoms. The summed E-state index contributed by atoms with van der Waals surface area (Å²) >= 11 is 5.85. The Hall–Kier alpha value is -2.73. The van der Waals surface area contributed by atoms with Crippen LogP contribution in [0.2, 0.25) is 5.02 Å². The molecule has 0 spiro atoms. The van der Waals surface area contributed by atoms with Gasteiger partial charge in [-0.05, 0) is 35.9 Å². The van der Waals surface area contributed by atoms with Crippen LogP contribution in [0.3, 0.4) is 0 Å². The lowest BCUT2D eigenvalue weighted by molar-refractivity contribution is -0.123. The van der Waals surface area contributed by atoms with Crippen molar-refractivity contribution < 1.29 is 19.1 Å². The van der Waals surface area contributed by atoms with Gasteiger partial charge in [-0.3, -0.25) is 9.59 Å². The SMILES string of the molecule is COc1ccc(CC(=O)NCC(=O)Nc2cccc(Cl)c2)cc1OC. The van der Waals surface area contributed by atoms with E-state index in [-0.39, 0.29) is 24.8 Å². The van der Waals surface area contributed by atoms with Crippen molar-refractivity contribution in [1.82, 2.24) is 5.32 Å². The highest BCUT2D eigenvalue weighted by Crippen LogP contribution is 2.27. The van der Waals surface area contributed by atoms with Crippen molar-refractivity contribution in [3.8, 4) is 11.5 Å². The first kappa shape index (κ1) is 18.6. The van der Waals surface area contributed by atoms with Crippen LogP contribution in [-0.2, 0) is 16.0 Å². The molecule has 0 aromatic heterocycles. The van der Waals surface area contributed by atoms with Crippen LogP contribution < -0.4 is 20.1 Å². The largest absolute Gasteiger partial charge is 0.493 e. The fraction of sp³-hybridized carbons (Fsp3) is 0.222. The molecule has 0 unspecified atom stereocenters. The first-order chi connectivity index (χ1) is 12.0. The van der Waals surface area contributed by atoms with Gasteiger partial charge in [0, 0.05) is 10.7 Å². The van der Waals surface area contributed by atoms with E-state index in [4.69, 9.17) is 21.1 Å². The number of carbonyl (C=O) groups excluding carboxylic acids is 2. The lowest BCUT2D eigenvalue weighted by Gasteiger charge is -2.10. The molecular weight excluding hydrogens is 344 g/mol. The Kier molecular flexibility index (Phi) is 6.65. The van der Waals surface area contributed by atoms with Gasteiger partial charge < -0.3 is 20.1 Å². The van der Waals surface area contributed by atoms with Gasteiger partial charge in [-0.1, -0.05) is 23.7 Å². The summed E-state index contributed by atoms with van der Waals surface area (Å²) in [5, 5.41) is 5.76. The predicted molar refractivity (Wildman–Crippen MR) is 96.3 cm³/mol. The quantitative estimate of drug-likeness (QED) is 0.794. The van der Waals surface area contributed by atoms with E-state index in [1.54, 1.807) is 49.6 Å². The van der Waals surface area contributed by atoms with Crippen molar-refractivity contribution in [2.45, 2.75) is 6.42 Å². The number of halogens is 1. The number of anilines is 1. The van der Waals surface area contributed by atoms with Crippen molar-refractivity contribution >= 4 is 29.1 Å². The summed E-state index contributed by atoms with van der Waals surface area (Å²) in [4.78, 5) is 23.9. The summed E-state index contributed by atoms with van der Waals surface area (Å²) in [6.07, 6.45) is 0.130. The third-order valence-electron chi connectivity index (χ3n) is 3.37. The molecule has 0 saturated heterocycles. The lowest BCUT2D eigenvalue weighted by atomic mass is 10.1. The summed E-state index contributed by atoms with van der Waals surface area (Å²) in [6, 6.07) is 12.0. The molecule has 0 saturated carbocycles. The zero-order valence-corrected chi connectivity index (χ0v) is 14.7. The Morgan fingerprint density at radius 1 is 1.00 bits per heavy atom. The number of rotatable bonds is 7. The molecule has 6 nitrogen and oxygen atoms in total. The fourth-order valence-corrected chi connectivity index (χ4v) is 2.38. The molecule has 132 valence electrons. The smallest absolute Gasteiger partial charge is 0.243 e. The summed E-state index contributed by atoms with van der Waals surface area (Å²) in [5.74, 6) is 0.537. The highest BCUT2D eigenvalue weighted by Gasteiger charge is 2.10. The van der Waals surface area contributed by atoms with E-state index in [9.17, 15) is 9.59 Å². The normalized spacial score (nSPS) is 10.0. The maximum atomic E-state index is 12.0. The molecule has 0 aliphatic carbocycles. The standard InChI is InChI=1S/C18H19ClN2O4/c1-24-15-7-6-12(8-16(15)25-2)9-17(22)20-11-18(23)21-14-5-3-4-13(19)10-14/h3-8,10H,9,11H2,1-2H3,(H,20,22)(H,21,23). The molecule has 0 aliphatic rings. The molecule has 0 fully saturated rings. The summed E-state index contributed by atoms with van der Waals surface area (Å²) in [5.41, 5.74) is 1.33. The van der Waals surface area contributed by atoms with Crippen LogP contribution in [0.5, 0.6) is 11.5 Å². The molecule has 2 N–H and O–H groups in total. The van der Waals surface area contributed by atoms with Crippen LogP contribution in [0, 0.1) is 0 Å². The van der Waals surface area contributed by atoms with Crippen LogP contribution in [0.1, 0.15) is 5.56 Å². The zero-order valence-electron chi connectivity index (χ0n) is 14.0. The van der Waals surface area contributed by atoms with Crippen molar-refractivity contribution in [1.29, 1.82) is 0 Å². The number of hydrogen-bond donors (Lipinski definition) is 2. The second-order valence-corrected chi connectivity index (χ2v) is 5.64. The summed E-state index contributed by atoms with van der Waals surface area (Å²) in [6.45, 7) is -0.126. The second kappa shape index (κ2) is 8.94. The Morgan fingerprint density at radius 2 is 1.76 bits per heavy atom. The van der Waals surface area contributed by atoms with E-state index in [1.165, 1.54) is 7.11 Å². The van der Waals surface area contributed by atoms with Crippen molar-refractivity contribution in [3.63, 3.8) is 0 Å². The van der Waals surface area contributed by atoms with Crippen LogP contribution in [0.15, 0.2) is 42.5 Å². The molecule has 25 heavy (non-hydrogen) atoms. The third-order valence-corrected chi connectivity index (χ3v) is 3.60. The number of ether oxygens (including phenoxy) is 2. The summed E-state index contributed by atoms with van der Waals surface area (Å²) in [7, 11) is 3.07. The van der Waals surface area contributed by atoms with Gasteiger partial charge in [-0.2, -0.15) is 0 Å². The molecule has 2 amide bonds. The van der Waals surface area contributed by atoms with Gasteiger partial charge in [0.2, 0.25) is 11.8 Å². The molecule has 0 radical (unpaired) electrons. The number of benzene rings is 2. The Balaban J connectivity index is 1.85. The topological polar surface area (TPSA) is 76.7 Å². The van der Waals surface area contributed by atoms with Gasteiger partial charge in [0.05, 0.1) is 27.2 Å². The Labute approximate surface area is 151 Å². The third kappa shape index (κ3) is 5.69. The van der Waals surface area contributed by atoms with Gasteiger partial charge in [0.15, 0.2) is 11.5 Å². The van der Waals surface area contributed by atoms with Gasteiger partial charge >= 0.3 is 0 Å². The number of methoxy groups -OCH3 is 2. The second-order valence-electron chi connectivity index (χ2n) is 5.20. The fourth-order valence-electron chi connectivity index (χ4n) is 2.19. The molecule has 0 atom stereocenters. The van der Waals surface area contributed by atoms with Crippen molar-refractivity contribution in [2.24, 2.45) is 0 Å². The minimum absolute atomic E-state index is 0.126. The average Bonchev–Trinajstić information content (AvgIpc) is 2.60. The monoisotopic (exact) mass is 362 g/mol. The van der Waals surface area contributed by atoms with Gasteiger partial charge in [0.25, 0.3) is 0 Å². The predicted octanol–water partition coefficient (Wildman–Crippen LogP) is 2.65. The number of nitrogens with one attached hydrogen (secondary N) is 2. The van der Waals surface area contributed by atoms with Gasteiger partial charge in [-0.25, -0.2) is 0 Å². The van der Waals surface area contributed by atoms with Crippen LogP contribution >= 0.6 is 11.6 Å². The van der Waals surface area contributed by atoms with E-state index in [2.05, 4.69) is 10.6 Å². The highest BCUT2D eigenvalue weighted by molar-refractivity contribution is 6.30. The lowest BCUT2D eigenvalue weighted by Crippen LogP contribution is -2.33. The molecule has 0 aliphatic heterocycles. The highest BCUT2D eigenvalue weighted by atomic mass is 35.5. The molecule has 2 aromatic rings. The molecular formula is C18H19ClN2O4. The Morgan fingerprint density at radius 3 is 2.44 bits per heavy atom. The van der Waals surface area contributed by atoms with Crippen LogP contribution in [0.25, 0.3) is 0 Å². The van der Waals surface area contributed by atoms with E-state index < -0.39 is 0 Å². The van der Waals surface area contributed by atoms with E-state index in [0.717, 1.165) is 5.56 Å². The Bertz CT molecular complexity index is 764. The van der Waals surface area contributed by atoms with E-state index in [1.807, 2.05) is 0 Å². The first-order valence-corrected chi connectivity index (χ1v) is 7.92.